The number of hydrogen-bond acceptors (Lipinski definition) is 3. The van der Waals surface area contributed by atoms with Crippen LogP contribution in [-0.2, 0) is 12.8 Å². The first kappa shape index (κ1) is 17.5. The van der Waals surface area contributed by atoms with Gasteiger partial charge in [0.25, 0.3) is 5.56 Å². The summed E-state index contributed by atoms with van der Waals surface area (Å²) in [6.45, 7) is 9.88. The van der Waals surface area contributed by atoms with Crippen molar-refractivity contribution in [1.29, 1.82) is 0 Å². The van der Waals surface area contributed by atoms with Gasteiger partial charge in [0.15, 0.2) is 5.78 Å². The Bertz CT molecular complexity index is 906. The first-order chi connectivity index (χ1) is 11.7. The number of rotatable bonds is 4. The summed E-state index contributed by atoms with van der Waals surface area (Å²) in [6.07, 6.45) is 1.60. The predicted molar refractivity (Wildman–Crippen MR) is 98.8 cm³/mol. The summed E-state index contributed by atoms with van der Waals surface area (Å²) in [7, 11) is 0. The number of nitrogens with one attached hydrogen (secondary N) is 1. The van der Waals surface area contributed by atoms with E-state index < -0.39 is 0 Å². The van der Waals surface area contributed by atoms with E-state index in [4.69, 9.17) is 4.74 Å². The lowest BCUT2D eigenvalue weighted by Gasteiger charge is -2.16. The molecule has 0 amide bonds. The van der Waals surface area contributed by atoms with Gasteiger partial charge in [-0.1, -0.05) is 0 Å². The minimum Gasteiger partial charge on any atom is -0.487 e. The molecule has 25 heavy (non-hydrogen) atoms. The highest BCUT2D eigenvalue weighted by Crippen LogP contribution is 2.38. The highest BCUT2D eigenvalue weighted by atomic mass is 16.5. The van der Waals surface area contributed by atoms with Crippen molar-refractivity contribution < 1.29 is 9.53 Å². The Kier molecular flexibility index (Phi) is 4.31. The third-order valence-corrected chi connectivity index (χ3v) is 4.94. The molecule has 0 fully saturated rings. The first-order valence-electron chi connectivity index (χ1n) is 8.72. The van der Waals surface area contributed by atoms with Gasteiger partial charge in [0.05, 0.1) is 0 Å². The number of hydrogen-bond donors (Lipinski definition) is 1. The largest absolute Gasteiger partial charge is 0.487 e. The third kappa shape index (κ3) is 3.39. The molecule has 1 aromatic heterocycles. The van der Waals surface area contributed by atoms with Gasteiger partial charge in [-0.05, 0) is 70.4 Å². The number of fused-ring (bicyclic) bond motifs is 1. The van der Waals surface area contributed by atoms with Crippen LogP contribution in [0.1, 0.15) is 58.6 Å². The van der Waals surface area contributed by atoms with Gasteiger partial charge >= 0.3 is 0 Å². The molecule has 4 heteroatoms. The number of carbonyl (C=O) groups is 1. The van der Waals surface area contributed by atoms with E-state index >= 15 is 0 Å². The fourth-order valence-electron chi connectivity index (χ4n) is 3.67. The van der Waals surface area contributed by atoms with Gasteiger partial charge in [-0.3, -0.25) is 9.59 Å². The van der Waals surface area contributed by atoms with Crippen LogP contribution >= 0.6 is 0 Å². The van der Waals surface area contributed by atoms with Crippen molar-refractivity contribution in [1.82, 2.24) is 4.98 Å². The molecule has 2 heterocycles. The van der Waals surface area contributed by atoms with Crippen molar-refractivity contribution in [3.05, 3.63) is 62.1 Å². The molecule has 1 aliphatic heterocycles. The number of pyridine rings is 1. The van der Waals surface area contributed by atoms with Gasteiger partial charge in [-0.15, -0.1) is 0 Å². The topological polar surface area (TPSA) is 59.2 Å². The normalized spacial score (nSPS) is 14.9. The highest BCUT2D eigenvalue weighted by Gasteiger charge is 2.32. The number of aromatic nitrogens is 1. The number of ether oxygens (including phenoxy) is 1. The molecule has 0 bridgehead atoms. The minimum atomic E-state index is -0.221. The average Bonchev–Trinajstić information content (AvgIpc) is 2.81. The number of H-pyrrole nitrogens is 1. The van der Waals surface area contributed by atoms with E-state index in [2.05, 4.69) is 18.8 Å². The van der Waals surface area contributed by atoms with Crippen LogP contribution in [0.3, 0.4) is 0 Å². The summed E-state index contributed by atoms with van der Waals surface area (Å²) < 4.78 is 5.93. The van der Waals surface area contributed by atoms with Crippen molar-refractivity contribution >= 4 is 5.78 Å². The van der Waals surface area contributed by atoms with Crippen LogP contribution in [0.5, 0.6) is 5.75 Å². The minimum absolute atomic E-state index is 0.0735. The van der Waals surface area contributed by atoms with Gasteiger partial charge in [0.1, 0.15) is 11.4 Å². The maximum absolute atomic E-state index is 12.7. The summed E-state index contributed by atoms with van der Waals surface area (Å²) in [5, 5.41) is 0. The zero-order valence-corrected chi connectivity index (χ0v) is 15.6. The number of carbonyl (C=O) groups excluding carboxylic acids is 1. The zero-order valence-electron chi connectivity index (χ0n) is 15.6. The maximum atomic E-state index is 12.7. The van der Waals surface area contributed by atoms with Crippen molar-refractivity contribution in [2.45, 2.75) is 59.5 Å². The molecule has 3 rings (SSSR count). The first-order valence-corrected chi connectivity index (χ1v) is 8.72. The average molecular weight is 339 g/mol. The summed E-state index contributed by atoms with van der Waals surface area (Å²) in [4.78, 5) is 27.7. The van der Waals surface area contributed by atoms with Crippen LogP contribution in [0.4, 0.5) is 0 Å². The quantitative estimate of drug-likeness (QED) is 0.861. The lowest BCUT2D eigenvalue weighted by molar-refractivity contribution is 0.0982. The van der Waals surface area contributed by atoms with Crippen LogP contribution in [0.25, 0.3) is 0 Å². The number of benzene rings is 1. The molecule has 4 nitrogen and oxygen atoms in total. The Morgan fingerprint density at radius 3 is 2.64 bits per heavy atom. The third-order valence-electron chi connectivity index (χ3n) is 4.94. The van der Waals surface area contributed by atoms with Gasteiger partial charge in [0, 0.05) is 35.2 Å². The van der Waals surface area contributed by atoms with Crippen molar-refractivity contribution in [2.24, 2.45) is 0 Å². The van der Waals surface area contributed by atoms with Crippen molar-refractivity contribution in [3.8, 4) is 5.75 Å². The summed E-state index contributed by atoms with van der Waals surface area (Å²) >= 11 is 0. The summed E-state index contributed by atoms with van der Waals surface area (Å²) in [6, 6.07) is 5.69. The molecular formula is C21H25NO3. The van der Waals surface area contributed by atoms with E-state index in [0.717, 1.165) is 40.1 Å². The van der Waals surface area contributed by atoms with Gasteiger partial charge < -0.3 is 9.72 Å². The molecule has 1 N–H and O–H groups in total. The molecular weight excluding hydrogens is 314 g/mol. The predicted octanol–water partition coefficient (Wildman–Crippen LogP) is 3.83. The second kappa shape index (κ2) is 6.17. The molecule has 0 saturated heterocycles. The molecule has 1 aromatic carbocycles. The molecule has 0 atom stereocenters. The Labute approximate surface area is 148 Å². The smallest absolute Gasteiger partial charge is 0.251 e. The van der Waals surface area contributed by atoms with Crippen molar-refractivity contribution in [2.75, 3.05) is 0 Å². The molecule has 0 saturated carbocycles. The van der Waals surface area contributed by atoms with Crippen LogP contribution in [0.2, 0.25) is 0 Å². The summed E-state index contributed by atoms with van der Waals surface area (Å²) in [5.41, 5.74) is 5.03. The van der Waals surface area contributed by atoms with Crippen LogP contribution in [-0.4, -0.2) is 16.4 Å². The number of aryl methyl sites for hydroxylation is 2. The van der Waals surface area contributed by atoms with E-state index in [1.54, 1.807) is 0 Å². The van der Waals surface area contributed by atoms with Gasteiger partial charge in [0.2, 0.25) is 0 Å². The molecule has 0 unspecified atom stereocenters. The molecule has 0 aliphatic carbocycles. The van der Waals surface area contributed by atoms with E-state index in [1.165, 1.54) is 0 Å². The number of ketones is 1. The van der Waals surface area contributed by atoms with E-state index in [9.17, 15) is 9.59 Å². The Morgan fingerprint density at radius 2 is 1.96 bits per heavy atom. The lowest BCUT2D eigenvalue weighted by atomic mass is 9.92. The fraction of sp³-hybridized carbons (Fsp3) is 0.429. The van der Waals surface area contributed by atoms with Crippen LogP contribution in [0, 0.1) is 20.8 Å². The molecule has 132 valence electrons. The molecule has 1 aliphatic rings. The second-order valence-corrected chi connectivity index (χ2v) is 7.62. The summed E-state index contributed by atoms with van der Waals surface area (Å²) in [5.74, 6) is 0.953. The lowest BCUT2D eigenvalue weighted by Crippen LogP contribution is -2.24. The SMILES string of the molecule is Cc1cc(C)c(CCC(=O)c2ccc3c(c2C)CC(C)(C)O3)c(=O)[nH]1. The second-order valence-electron chi connectivity index (χ2n) is 7.62. The van der Waals surface area contributed by atoms with Gasteiger partial charge in [-0.2, -0.15) is 0 Å². The van der Waals surface area contributed by atoms with Crippen LogP contribution < -0.4 is 10.3 Å². The molecule has 0 spiro atoms. The monoisotopic (exact) mass is 339 g/mol. The number of aromatic amines is 1. The van der Waals surface area contributed by atoms with E-state index in [-0.39, 0.29) is 16.9 Å². The van der Waals surface area contributed by atoms with Gasteiger partial charge in [-0.25, -0.2) is 0 Å². The standard InChI is InChI=1S/C21H25NO3/c1-12-10-13(2)22-20(24)15(12)6-8-18(23)16-7-9-19-17(14(16)3)11-21(4,5)25-19/h7,9-10H,6,8,11H2,1-5H3,(H,22,24). The maximum Gasteiger partial charge on any atom is 0.251 e. The van der Waals surface area contributed by atoms with E-state index in [0.29, 0.717) is 18.4 Å². The molecule has 0 radical (unpaired) electrons. The zero-order chi connectivity index (χ0) is 18.4. The van der Waals surface area contributed by atoms with E-state index in [1.807, 2.05) is 39.0 Å². The fourth-order valence-corrected chi connectivity index (χ4v) is 3.67. The van der Waals surface area contributed by atoms with Crippen molar-refractivity contribution in [3.63, 3.8) is 0 Å². The highest BCUT2D eigenvalue weighted by molar-refractivity contribution is 5.98. The number of Topliss-reactive ketones (excluding diaryl/α,β-unsaturated/α-hetero) is 1. The van der Waals surface area contributed by atoms with Crippen LogP contribution in [0.15, 0.2) is 23.0 Å². The molecule has 2 aromatic rings. The Morgan fingerprint density at radius 1 is 1.24 bits per heavy atom. The Hall–Kier alpha value is -2.36. The Balaban J connectivity index is 1.81.